The summed E-state index contributed by atoms with van der Waals surface area (Å²) < 4.78 is 0.739. The summed E-state index contributed by atoms with van der Waals surface area (Å²) in [6, 6.07) is 0. The summed E-state index contributed by atoms with van der Waals surface area (Å²) in [5, 5.41) is 0. The van der Waals surface area contributed by atoms with Crippen molar-refractivity contribution in [2.75, 3.05) is 0 Å². The minimum absolute atomic E-state index is 0.739. The highest BCUT2D eigenvalue weighted by Gasteiger charge is 2.22. The van der Waals surface area contributed by atoms with Gasteiger partial charge >= 0.3 is 0 Å². The van der Waals surface area contributed by atoms with Gasteiger partial charge in [-0.15, -0.1) is 0 Å². The molecule has 0 N–H and O–H groups in total. The first-order valence-electron chi connectivity index (χ1n) is 5.93. The quantitative estimate of drug-likeness (QED) is 0.603. The van der Waals surface area contributed by atoms with Crippen molar-refractivity contribution >= 4 is 27.5 Å². The lowest BCUT2D eigenvalue weighted by Gasteiger charge is -2.13. The van der Waals surface area contributed by atoms with Gasteiger partial charge in [0.25, 0.3) is 0 Å². The average Bonchev–Trinajstić information content (AvgIpc) is 2.51. The highest BCUT2D eigenvalue weighted by Crippen LogP contribution is 2.39. The highest BCUT2D eigenvalue weighted by atomic mass is 79.9. The average molecular weight is 292 g/mol. The van der Waals surface area contributed by atoms with Crippen LogP contribution < -0.4 is 0 Å². The maximum Gasteiger partial charge on any atom is 0.0836 e. The van der Waals surface area contributed by atoms with Gasteiger partial charge < -0.3 is 0 Å². The summed E-state index contributed by atoms with van der Waals surface area (Å²) in [5.74, 6) is 0.824. The van der Waals surface area contributed by atoms with Crippen molar-refractivity contribution in [1.29, 1.82) is 0 Å². The van der Waals surface area contributed by atoms with E-state index in [1.165, 1.54) is 44.1 Å². The van der Waals surface area contributed by atoms with Crippen LogP contribution in [0.3, 0.4) is 0 Å². The minimum Gasteiger partial charge on any atom is -0.0761 e. The van der Waals surface area contributed by atoms with Crippen LogP contribution in [0.1, 0.15) is 52.4 Å². The van der Waals surface area contributed by atoms with Gasteiger partial charge in [0.1, 0.15) is 0 Å². The summed E-state index contributed by atoms with van der Waals surface area (Å²) in [7, 11) is 0. The zero-order valence-corrected chi connectivity index (χ0v) is 12.0. The van der Waals surface area contributed by atoms with Gasteiger partial charge in [0.05, 0.1) is 3.94 Å². The van der Waals surface area contributed by atoms with E-state index < -0.39 is 0 Å². The molecule has 0 amide bonds. The maximum atomic E-state index is 5.89. The van der Waals surface area contributed by atoms with Crippen LogP contribution in [0.5, 0.6) is 0 Å². The van der Waals surface area contributed by atoms with E-state index in [1.54, 1.807) is 5.57 Å². The van der Waals surface area contributed by atoms with E-state index >= 15 is 0 Å². The van der Waals surface area contributed by atoms with Gasteiger partial charge in [0.2, 0.25) is 0 Å². The summed E-state index contributed by atoms with van der Waals surface area (Å²) in [4.78, 5) is 0. The van der Waals surface area contributed by atoms with Crippen molar-refractivity contribution in [1.82, 2.24) is 0 Å². The summed E-state index contributed by atoms with van der Waals surface area (Å²) in [6.45, 7) is 4.53. The molecule has 0 bridgehead atoms. The number of hydrogen-bond donors (Lipinski definition) is 0. The normalized spacial score (nSPS) is 22.7. The largest absolute Gasteiger partial charge is 0.0836 e. The first kappa shape index (κ1) is 13.3. The number of hydrogen-bond acceptors (Lipinski definition) is 0. The monoisotopic (exact) mass is 290 g/mol. The lowest BCUT2D eigenvalue weighted by molar-refractivity contribution is 0.529. The fourth-order valence-corrected chi connectivity index (χ4v) is 2.93. The second-order valence-corrected chi connectivity index (χ2v) is 5.98. The molecular formula is C13H20BrCl. The van der Waals surface area contributed by atoms with E-state index in [1.807, 2.05) is 0 Å². The number of allylic oxidation sites excluding steroid dienone is 3. The van der Waals surface area contributed by atoms with E-state index in [9.17, 15) is 0 Å². The third kappa shape index (κ3) is 3.96. The van der Waals surface area contributed by atoms with E-state index in [2.05, 4.69) is 35.9 Å². The second kappa shape index (κ2) is 6.75. The zero-order chi connectivity index (χ0) is 11.3. The molecule has 0 fully saturated rings. The minimum atomic E-state index is 0.739. The Bertz CT molecular complexity index is 262. The molecule has 1 aliphatic carbocycles. The Morgan fingerprint density at radius 3 is 2.73 bits per heavy atom. The van der Waals surface area contributed by atoms with Crippen LogP contribution in [-0.4, -0.2) is 0 Å². The van der Waals surface area contributed by atoms with Gasteiger partial charge in [-0.3, -0.25) is 0 Å². The molecule has 0 aromatic carbocycles. The van der Waals surface area contributed by atoms with Crippen molar-refractivity contribution in [3.8, 4) is 0 Å². The van der Waals surface area contributed by atoms with E-state index in [0.29, 0.717) is 0 Å². The Morgan fingerprint density at radius 1 is 1.47 bits per heavy atom. The van der Waals surface area contributed by atoms with E-state index in [-0.39, 0.29) is 0 Å². The van der Waals surface area contributed by atoms with Gasteiger partial charge in [0.15, 0.2) is 0 Å². The standard InChI is InChI=1S/C13H20BrCl/c1-3-5-10-7-8-11(9-13(14)15)12(10)6-4-2/h9-10H,3-8H2,1-2H3/b13-9+. The van der Waals surface area contributed by atoms with Gasteiger partial charge in [-0.2, -0.15) is 0 Å². The molecule has 0 spiro atoms. The predicted molar refractivity (Wildman–Crippen MR) is 72.4 cm³/mol. The Balaban J connectivity index is 2.81. The summed E-state index contributed by atoms with van der Waals surface area (Å²) in [6.07, 6.45) is 9.75. The van der Waals surface area contributed by atoms with Crippen molar-refractivity contribution < 1.29 is 0 Å². The zero-order valence-electron chi connectivity index (χ0n) is 9.65. The number of halogens is 2. The van der Waals surface area contributed by atoms with Crippen molar-refractivity contribution in [3.05, 3.63) is 21.2 Å². The summed E-state index contributed by atoms with van der Waals surface area (Å²) >= 11 is 9.21. The molecule has 0 nitrogen and oxygen atoms in total. The molecule has 0 saturated carbocycles. The van der Waals surface area contributed by atoms with E-state index in [4.69, 9.17) is 11.6 Å². The molecule has 0 heterocycles. The lowest BCUT2D eigenvalue weighted by atomic mass is 9.92. The number of rotatable bonds is 5. The van der Waals surface area contributed by atoms with Crippen molar-refractivity contribution in [2.45, 2.75) is 52.4 Å². The van der Waals surface area contributed by atoms with Gasteiger partial charge in [-0.25, -0.2) is 0 Å². The first-order chi connectivity index (χ1) is 7.19. The Kier molecular flexibility index (Phi) is 5.99. The SMILES string of the molecule is CCCC1=C(/C=C(/Cl)Br)CCC1CCC. The first-order valence-corrected chi connectivity index (χ1v) is 7.10. The molecule has 86 valence electrons. The molecule has 0 aromatic rings. The van der Waals surface area contributed by atoms with Crippen molar-refractivity contribution in [3.63, 3.8) is 0 Å². The fourth-order valence-electron chi connectivity index (χ4n) is 2.52. The molecule has 0 saturated heterocycles. The van der Waals surface area contributed by atoms with Crippen LogP contribution >= 0.6 is 27.5 Å². The van der Waals surface area contributed by atoms with Gasteiger partial charge in [-0.1, -0.05) is 43.9 Å². The second-order valence-electron chi connectivity index (χ2n) is 4.26. The molecule has 0 aromatic heterocycles. The van der Waals surface area contributed by atoms with Crippen LogP contribution in [0, 0.1) is 5.92 Å². The van der Waals surface area contributed by atoms with Crippen LogP contribution in [-0.2, 0) is 0 Å². The molecule has 1 rings (SSSR count). The molecule has 1 unspecified atom stereocenters. The Hall–Kier alpha value is 0.250. The Morgan fingerprint density at radius 2 is 2.20 bits per heavy atom. The van der Waals surface area contributed by atoms with Crippen molar-refractivity contribution in [2.24, 2.45) is 5.92 Å². The van der Waals surface area contributed by atoms with E-state index in [0.717, 1.165) is 9.86 Å². The van der Waals surface area contributed by atoms with Crippen LogP contribution in [0.2, 0.25) is 0 Å². The molecule has 1 aliphatic rings. The predicted octanol–water partition coefficient (Wildman–Crippen LogP) is 5.77. The Labute approximate surface area is 107 Å². The van der Waals surface area contributed by atoms with Crippen LogP contribution in [0.25, 0.3) is 0 Å². The molecule has 0 aliphatic heterocycles. The van der Waals surface area contributed by atoms with Crippen LogP contribution in [0.15, 0.2) is 21.2 Å². The summed E-state index contributed by atoms with van der Waals surface area (Å²) in [5.41, 5.74) is 3.15. The molecule has 15 heavy (non-hydrogen) atoms. The van der Waals surface area contributed by atoms with Gasteiger partial charge in [-0.05, 0) is 59.2 Å². The highest BCUT2D eigenvalue weighted by molar-refractivity contribution is 9.12. The topological polar surface area (TPSA) is 0 Å². The molecule has 1 atom stereocenters. The molecular weight excluding hydrogens is 272 g/mol. The third-order valence-electron chi connectivity index (χ3n) is 3.11. The lowest BCUT2D eigenvalue weighted by Crippen LogP contribution is -1.99. The maximum absolute atomic E-state index is 5.89. The molecule has 2 heteroatoms. The fraction of sp³-hybridized carbons (Fsp3) is 0.692. The van der Waals surface area contributed by atoms with Crippen LogP contribution in [0.4, 0.5) is 0 Å². The molecule has 0 radical (unpaired) electrons. The third-order valence-corrected chi connectivity index (χ3v) is 3.45. The smallest absolute Gasteiger partial charge is 0.0761 e. The van der Waals surface area contributed by atoms with Gasteiger partial charge in [0, 0.05) is 0 Å².